The fraction of sp³-hybridized carbons (Fsp3) is 0.857. The smallest absolute Gasteiger partial charge is 0.139 e. The van der Waals surface area contributed by atoms with Gasteiger partial charge in [-0.2, -0.15) is 0 Å². The van der Waals surface area contributed by atoms with Crippen LogP contribution >= 0.6 is 0 Å². The van der Waals surface area contributed by atoms with E-state index in [1.807, 2.05) is 6.08 Å². The normalized spacial score (nSPS) is 52.4. The minimum absolute atomic E-state index is 0.00620. The summed E-state index contributed by atoms with van der Waals surface area (Å²) in [6.07, 6.45) is 12.7. The van der Waals surface area contributed by atoms with Crippen LogP contribution in [0.1, 0.15) is 71.1 Å². The molecule has 0 heterocycles. The minimum atomic E-state index is -0.484. The number of hydrogen-bond donors (Lipinski definition) is 1. The first-order chi connectivity index (χ1) is 11.0. The van der Waals surface area contributed by atoms with Crippen molar-refractivity contribution in [1.82, 2.24) is 0 Å². The Balaban J connectivity index is 1.52. The molecule has 0 radical (unpaired) electrons. The molecule has 0 unspecified atom stereocenters. The molecule has 0 aromatic rings. The van der Waals surface area contributed by atoms with Gasteiger partial charge >= 0.3 is 0 Å². The Morgan fingerprint density at radius 2 is 1.91 bits per heavy atom. The van der Waals surface area contributed by atoms with Crippen LogP contribution in [-0.4, -0.2) is 16.5 Å². The molecule has 4 aliphatic rings. The molecule has 128 valence electrons. The highest BCUT2D eigenvalue weighted by Gasteiger charge is 2.57. The lowest BCUT2D eigenvalue weighted by atomic mass is 9.49. The van der Waals surface area contributed by atoms with Crippen LogP contribution in [-0.2, 0) is 4.79 Å². The lowest BCUT2D eigenvalue weighted by Gasteiger charge is -2.56. The van der Waals surface area contributed by atoms with Gasteiger partial charge < -0.3 is 5.11 Å². The van der Waals surface area contributed by atoms with E-state index in [2.05, 4.69) is 13.5 Å². The first-order valence-electron chi connectivity index (χ1n) is 9.83. The molecule has 0 saturated heterocycles. The number of aliphatic hydroxyl groups is 1. The molecule has 23 heavy (non-hydrogen) atoms. The van der Waals surface area contributed by atoms with Gasteiger partial charge in [0.25, 0.3) is 0 Å². The molecule has 2 nitrogen and oxygen atoms in total. The zero-order valence-electron chi connectivity index (χ0n) is 14.6. The fourth-order valence-electron chi connectivity index (χ4n) is 7.19. The van der Waals surface area contributed by atoms with Crippen molar-refractivity contribution in [1.29, 1.82) is 0 Å². The Morgan fingerprint density at radius 3 is 2.70 bits per heavy atom. The summed E-state index contributed by atoms with van der Waals surface area (Å²) < 4.78 is 0. The largest absolute Gasteiger partial charge is 0.390 e. The van der Waals surface area contributed by atoms with Gasteiger partial charge in [0.1, 0.15) is 5.78 Å². The highest BCUT2D eigenvalue weighted by molar-refractivity contribution is 5.87. The third kappa shape index (κ3) is 2.35. The zero-order chi connectivity index (χ0) is 16.2. The van der Waals surface area contributed by atoms with E-state index in [1.165, 1.54) is 25.7 Å². The van der Waals surface area contributed by atoms with Crippen molar-refractivity contribution in [2.45, 2.75) is 76.7 Å². The van der Waals surface area contributed by atoms with Gasteiger partial charge in [-0.3, -0.25) is 4.79 Å². The van der Waals surface area contributed by atoms with Crippen molar-refractivity contribution in [3.05, 3.63) is 12.7 Å². The van der Waals surface area contributed by atoms with Gasteiger partial charge in [-0.1, -0.05) is 13.0 Å². The number of hydrogen-bond acceptors (Lipinski definition) is 2. The fourth-order valence-corrected chi connectivity index (χ4v) is 7.19. The van der Waals surface area contributed by atoms with E-state index < -0.39 is 5.60 Å². The SMILES string of the molecule is C=CC[C@@]1(O)CC[C@H]2[C@H](CC[C@@H]3[C@@H]2CC[C@]2(C)C(=O)CC[C@@H]32)C1. The maximum Gasteiger partial charge on any atom is 0.139 e. The molecule has 4 rings (SSSR count). The molecule has 2 heteroatoms. The standard InChI is InChI=1S/C21H32O2/c1-3-10-21(23)12-9-15-14(13-21)4-5-17-16(15)8-11-20(2)18(17)6-7-19(20)22/h3,14-18,23H,1,4-13H2,2H3/t14-,15+,16-,17-,18+,20+,21-/m1/s1. The van der Waals surface area contributed by atoms with Crippen LogP contribution < -0.4 is 0 Å². The second kappa shape index (κ2) is 5.44. The summed E-state index contributed by atoms with van der Waals surface area (Å²) in [4.78, 5) is 12.4. The van der Waals surface area contributed by atoms with Crippen LogP contribution in [0.3, 0.4) is 0 Å². The molecule has 4 fully saturated rings. The van der Waals surface area contributed by atoms with E-state index >= 15 is 0 Å². The number of carbonyl (C=O) groups excluding carboxylic acids is 1. The van der Waals surface area contributed by atoms with Gasteiger partial charge in [0.15, 0.2) is 0 Å². The van der Waals surface area contributed by atoms with Crippen molar-refractivity contribution in [3.8, 4) is 0 Å². The van der Waals surface area contributed by atoms with Crippen LogP contribution in [0.25, 0.3) is 0 Å². The van der Waals surface area contributed by atoms with E-state index in [-0.39, 0.29) is 5.41 Å². The highest BCUT2D eigenvalue weighted by Crippen LogP contribution is 2.62. The third-order valence-electron chi connectivity index (χ3n) is 8.34. The molecular formula is C21H32O2. The maximum absolute atomic E-state index is 12.4. The van der Waals surface area contributed by atoms with E-state index in [1.54, 1.807) is 0 Å². The van der Waals surface area contributed by atoms with Crippen molar-refractivity contribution in [2.24, 2.45) is 35.0 Å². The second-order valence-electron chi connectivity index (χ2n) is 9.31. The molecule has 0 bridgehead atoms. The molecule has 0 spiro atoms. The van der Waals surface area contributed by atoms with Gasteiger partial charge in [-0.15, -0.1) is 6.58 Å². The number of rotatable bonds is 2. The van der Waals surface area contributed by atoms with Crippen LogP contribution in [0.2, 0.25) is 0 Å². The van der Waals surface area contributed by atoms with E-state index in [0.29, 0.717) is 17.6 Å². The maximum atomic E-state index is 12.4. The average molecular weight is 316 g/mol. The highest BCUT2D eigenvalue weighted by atomic mass is 16.3. The van der Waals surface area contributed by atoms with Gasteiger partial charge in [0.05, 0.1) is 5.60 Å². The number of ketones is 1. The van der Waals surface area contributed by atoms with E-state index in [4.69, 9.17) is 0 Å². The molecule has 1 N–H and O–H groups in total. The van der Waals surface area contributed by atoms with Gasteiger partial charge in [0.2, 0.25) is 0 Å². The molecule has 0 aromatic heterocycles. The van der Waals surface area contributed by atoms with Crippen molar-refractivity contribution in [3.63, 3.8) is 0 Å². The molecule has 4 aliphatic carbocycles. The Hall–Kier alpha value is -0.630. The molecule has 0 amide bonds. The average Bonchev–Trinajstić information content (AvgIpc) is 2.82. The van der Waals surface area contributed by atoms with Gasteiger partial charge in [0, 0.05) is 11.8 Å². The molecule has 4 saturated carbocycles. The molecular weight excluding hydrogens is 284 g/mol. The van der Waals surface area contributed by atoms with Crippen LogP contribution in [0, 0.1) is 35.0 Å². The van der Waals surface area contributed by atoms with Crippen LogP contribution in [0.5, 0.6) is 0 Å². The summed E-state index contributed by atoms with van der Waals surface area (Å²) in [5.41, 5.74) is -0.478. The Kier molecular flexibility index (Phi) is 3.75. The second-order valence-corrected chi connectivity index (χ2v) is 9.31. The first-order valence-corrected chi connectivity index (χ1v) is 9.83. The monoisotopic (exact) mass is 316 g/mol. The predicted octanol–water partition coefficient (Wildman–Crippen LogP) is 4.52. The quantitative estimate of drug-likeness (QED) is 0.761. The van der Waals surface area contributed by atoms with Crippen LogP contribution in [0.15, 0.2) is 12.7 Å². The Labute approximate surface area is 140 Å². The van der Waals surface area contributed by atoms with Gasteiger partial charge in [-0.05, 0) is 87.4 Å². The topological polar surface area (TPSA) is 37.3 Å². The molecule has 0 aliphatic heterocycles. The minimum Gasteiger partial charge on any atom is -0.390 e. The molecule has 7 atom stereocenters. The third-order valence-corrected chi connectivity index (χ3v) is 8.34. The Morgan fingerprint density at radius 1 is 1.13 bits per heavy atom. The number of carbonyl (C=O) groups is 1. The lowest BCUT2D eigenvalue weighted by Crippen LogP contribution is -2.51. The number of fused-ring (bicyclic) bond motifs is 5. The lowest BCUT2D eigenvalue weighted by molar-refractivity contribution is -0.135. The predicted molar refractivity (Wildman–Crippen MR) is 91.9 cm³/mol. The first kappa shape index (κ1) is 15.9. The number of Topliss-reactive ketones (excluding diaryl/α,β-unsaturated/α-hetero) is 1. The summed E-state index contributed by atoms with van der Waals surface area (Å²) in [6, 6.07) is 0. The summed E-state index contributed by atoms with van der Waals surface area (Å²) in [5, 5.41) is 10.8. The molecule has 0 aromatic carbocycles. The summed E-state index contributed by atoms with van der Waals surface area (Å²) in [5.74, 6) is 4.32. The summed E-state index contributed by atoms with van der Waals surface area (Å²) >= 11 is 0. The Bertz CT molecular complexity index is 512. The summed E-state index contributed by atoms with van der Waals surface area (Å²) in [6.45, 7) is 6.09. The van der Waals surface area contributed by atoms with Gasteiger partial charge in [-0.25, -0.2) is 0 Å². The van der Waals surface area contributed by atoms with E-state index in [0.717, 1.165) is 56.3 Å². The van der Waals surface area contributed by atoms with Crippen molar-refractivity contribution < 1.29 is 9.90 Å². The van der Waals surface area contributed by atoms with Crippen molar-refractivity contribution >= 4 is 5.78 Å². The van der Waals surface area contributed by atoms with Crippen LogP contribution in [0.4, 0.5) is 0 Å². The summed E-state index contributed by atoms with van der Waals surface area (Å²) in [7, 11) is 0. The van der Waals surface area contributed by atoms with E-state index in [9.17, 15) is 9.90 Å². The zero-order valence-corrected chi connectivity index (χ0v) is 14.6. The van der Waals surface area contributed by atoms with Crippen molar-refractivity contribution in [2.75, 3.05) is 0 Å².